The molecular weight excluding hydrogens is 309 g/mol. The van der Waals surface area contributed by atoms with Gasteiger partial charge in [-0.05, 0) is 42.4 Å². The van der Waals surface area contributed by atoms with E-state index in [2.05, 4.69) is 11.6 Å². The number of hydrogen-bond donors (Lipinski definition) is 1. The maximum absolute atomic E-state index is 13.7. The Labute approximate surface area is 131 Å². The van der Waals surface area contributed by atoms with Crippen molar-refractivity contribution in [3.63, 3.8) is 0 Å². The van der Waals surface area contributed by atoms with Gasteiger partial charge in [-0.25, -0.2) is 17.5 Å². The fourth-order valence-corrected chi connectivity index (χ4v) is 4.27. The molecule has 120 valence electrons. The fraction of sp³-hybridized carbons (Fsp3) is 0.600. The van der Waals surface area contributed by atoms with E-state index in [1.807, 2.05) is 32.5 Å². The Kier molecular flexibility index (Phi) is 6.69. The molecule has 1 rings (SSSR count). The van der Waals surface area contributed by atoms with E-state index in [4.69, 9.17) is 0 Å². The lowest BCUT2D eigenvalue weighted by atomic mass is 9.83. The molecule has 0 aliphatic rings. The molecule has 1 N–H and O–H groups in total. The minimum absolute atomic E-state index is 0.194. The first-order valence-corrected chi connectivity index (χ1v) is 9.69. The molecule has 0 radical (unpaired) electrons. The molecule has 1 aromatic rings. The van der Waals surface area contributed by atoms with Crippen LogP contribution in [0.4, 0.5) is 4.39 Å². The maximum Gasteiger partial charge on any atom is 0.243 e. The normalized spacial score (nSPS) is 14.1. The summed E-state index contributed by atoms with van der Waals surface area (Å²) in [5.41, 5.74) is -0.194. The number of hydrogen-bond acceptors (Lipinski definition) is 3. The van der Waals surface area contributed by atoms with Gasteiger partial charge in [0.15, 0.2) is 0 Å². The minimum atomic E-state index is -3.84. The third-order valence-electron chi connectivity index (χ3n) is 3.73. The minimum Gasteiger partial charge on any atom is -0.208 e. The van der Waals surface area contributed by atoms with Crippen molar-refractivity contribution in [2.75, 3.05) is 11.5 Å². The zero-order valence-corrected chi connectivity index (χ0v) is 14.7. The van der Waals surface area contributed by atoms with E-state index in [0.717, 1.165) is 24.0 Å². The van der Waals surface area contributed by atoms with Crippen LogP contribution in [0.2, 0.25) is 0 Å². The number of thioether (sulfide) groups is 1. The molecule has 0 spiro atoms. The van der Waals surface area contributed by atoms with E-state index in [1.165, 1.54) is 18.2 Å². The second-order valence-corrected chi connectivity index (χ2v) is 8.79. The van der Waals surface area contributed by atoms with Crippen LogP contribution in [0, 0.1) is 11.2 Å². The van der Waals surface area contributed by atoms with Gasteiger partial charge in [-0.3, -0.25) is 0 Å². The van der Waals surface area contributed by atoms with Gasteiger partial charge in [0.25, 0.3) is 0 Å². The molecular formula is C15H24FNO2S2. The van der Waals surface area contributed by atoms with Crippen LogP contribution in [0.3, 0.4) is 0 Å². The summed E-state index contributed by atoms with van der Waals surface area (Å²) in [7, 11) is -3.84. The molecule has 1 atom stereocenters. The molecule has 0 aliphatic heterocycles. The fourth-order valence-electron chi connectivity index (χ4n) is 1.81. The van der Waals surface area contributed by atoms with Crippen LogP contribution >= 0.6 is 11.8 Å². The van der Waals surface area contributed by atoms with E-state index >= 15 is 0 Å². The number of nitrogens with one attached hydrogen (secondary N) is 1. The third kappa shape index (κ3) is 5.27. The first-order valence-electron chi connectivity index (χ1n) is 7.05. The largest absolute Gasteiger partial charge is 0.243 e. The highest BCUT2D eigenvalue weighted by Crippen LogP contribution is 2.28. The van der Waals surface area contributed by atoms with Crippen LogP contribution < -0.4 is 4.72 Å². The second kappa shape index (κ2) is 7.61. The Morgan fingerprint density at radius 1 is 1.33 bits per heavy atom. The first-order chi connectivity index (χ1) is 9.70. The van der Waals surface area contributed by atoms with E-state index in [1.54, 1.807) is 0 Å². The van der Waals surface area contributed by atoms with Gasteiger partial charge in [0.2, 0.25) is 10.0 Å². The van der Waals surface area contributed by atoms with Crippen molar-refractivity contribution >= 4 is 21.8 Å². The predicted octanol–water partition coefficient (Wildman–Crippen LogP) is 3.66. The summed E-state index contributed by atoms with van der Waals surface area (Å²) < 4.78 is 40.8. The SMILES string of the molecule is CCSCCC(C)(C)[C@H](C)NS(=O)(=O)c1ccccc1F. The van der Waals surface area contributed by atoms with Gasteiger partial charge < -0.3 is 0 Å². The molecule has 0 bridgehead atoms. The molecule has 0 fully saturated rings. The highest BCUT2D eigenvalue weighted by molar-refractivity contribution is 7.99. The molecule has 3 nitrogen and oxygen atoms in total. The summed E-state index contributed by atoms with van der Waals surface area (Å²) in [4.78, 5) is -0.296. The van der Waals surface area contributed by atoms with Gasteiger partial charge in [-0.2, -0.15) is 11.8 Å². The van der Waals surface area contributed by atoms with Crippen molar-refractivity contribution in [2.45, 2.75) is 45.1 Å². The Hall–Kier alpha value is -0.590. The quantitative estimate of drug-likeness (QED) is 0.739. The molecule has 0 amide bonds. The predicted molar refractivity (Wildman–Crippen MR) is 87.6 cm³/mol. The molecule has 6 heteroatoms. The standard InChI is InChI=1S/C15H24FNO2S2/c1-5-20-11-10-15(3,4)12(2)17-21(18,19)14-9-7-6-8-13(14)16/h6-9,12,17H,5,10-11H2,1-4H3/t12-/m0/s1. The van der Waals surface area contributed by atoms with Crippen LogP contribution in [0.15, 0.2) is 29.2 Å². The van der Waals surface area contributed by atoms with Crippen molar-refractivity contribution in [3.05, 3.63) is 30.1 Å². The lowest BCUT2D eigenvalue weighted by Gasteiger charge is -2.32. The summed E-state index contributed by atoms with van der Waals surface area (Å²) in [6, 6.07) is 5.15. The molecule has 0 aromatic heterocycles. The molecule has 0 aliphatic carbocycles. The summed E-state index contributed by atoms with van der Waals surface area (Å²) in [5, 5.41) is 0. The average Bonchev–Trinajstić information content (AvgIpc) is 2.38. The highest BCUT2D eigenvalue weighted by Gasteiger charge is 2.30. The molecule has 0 unspecified atom stereocenters. The molecule has 0 heterocycles. The van der Waals surface area contributed by atoms with Gasteiger partial charge >= 0.3 is 0 Å². The van der Waals surface area contributed by atoms with Crippen molar-refractivity contribution in [2.24, 2.45) is 5.41 Å². The van der Waals surface area contributed by atoms with Gasteiger partial charge in [-0.1, -0.05) is 32.9 Å². The smallest absolute Gasteiger partial charge is 0.208 e. The van der Waals surface area contributed by atoms with Crippen molar-refractivity contribution in [1.82, 2.24) is 4.72 Å². The van der Waals surface area contributed by atoms with Gasteiger partial charge in [0, 0.05) is 6.04 Å². The number of rotatable bonds is 8. The van der Waals surface area contributed by atoms with Crippen LogP contribution in [-0.2, 0) is 10.0 Å². The summed E-state index contributed by atoms with van der Waals surface area (Å²) in [5.74, 6) is 1.30. The lowest BCUT2D eigenvalue weighted by molar-refractivity contribution is 0.275. The molecule has 21 heavy (non-hydrogen) atoms. The van der Waals surface area contributed by atoms with E-state index < -0.39 is 15.8 Å². The lowest BCUT2D eigenvalue weighted by Crippen LogP contribution is -2.43. The summed E-state index contributed by atoms with van der Waals surface area (Å²) in [6.45, 7) is 7.98. The summed E-state index contributed by atoms with van der Waals surface area (Å²) in [6.07, 6.45) is 0.895. The van der Waals surface area contributed by atoms with E-state index in [-0.39, 0.29) is 16.4 Å². The van der Waals surface area contributed by atoms with Gasteiger partial charge in [-0.15, -0.1) is 0 Å². The summed E-state index contributed by atoms with van der Waals surface area (Å²) >= 11 is 1.83. The Balaban J connectivity index is 2.81. The van der Waals surface area contributed by atoms with Crippen molar-refractivity contribution in [1.29, 1.82) is 0 Å². The zero-order chi connectivity index (χ0) is 16.1. The maximum atomic E-state index is 13.7. The van der Waals surface area contributed by atoms with E-state index in [0.29, 0.717) is 0 Å². The van der Waals surface area contributed by atoms with Crippen molar-refractivity contribution in [3.8, 4) is 0 Å². The molecule has 1 aromatic carbocycles. The van der Waals surface area contributed by atoms with E-state index in [9.17, 15) is 12.8 Å². The monoisotopic (exact) mass is 333 g/mol. The number of sulfonamides is 1. The number of halogens is 1. The average molecular weight is 333 g/mol. The van der Waals surface area contributed by atoms with Gasteiger partial charge in [0.05, 0.1) is 0 Å². The number of benzene rings is 1. The molecule has 0 saturated heterocycles. The Morgan fingerprint density at radius 3 is 2.52 bits per heavy atom. The Morgan fingerprint density at radius 2 is 1.95 bits per heavy atom. The highest BCUT2D eigenvalue weighted by atomic mass is 32.2. The first kappa shape index (κ1) is 18.5. The zero-order valence-electron chi connectivity index (χ0n) is 13.0. The second-order valence-electron chi connectivity index (χ2n) is 5.71. The molecule has 0 saturated carbocycles. The van der Waals surface area contributed by atoms with Gasteiger partial charge in [0.1, 0.15) is 10.7 Å². The van der Waals surface area contributed by atoms with Crippen molar-refractivity contribution < 1.29 is 12.8 Å². The topological polar surface area (TPSA) is 46.2 Å². The van der Waals surface area contributed by atoms with Crippen LogP contribution in [0.5, 0.6) is 0 Å². The van der Waals surface area contributed by atoms with Crippen LogP contribution in [0.25, 0.3) is 0 Å². The Bertz CT molecular complexity index is 559. The van der Waals surface area contributed by atoms with Crippen LogP contribution in [0.1, 0.15) is 34.1 Å². The third-order valence-corrected chi connectivity index (χ3v) is 6.20. The van der Waals surface area contributed by atoms with Crippen LogP contribution in [-0.4, -0.2) is 26.0 Å².